The Morgan fingerprint density at radius 2 is 1.19 bits per heavy atom. The maximum absolute atomic E-state index is 9.56. The zero-order chi connectivity index (χ0) is 15.0. The zero-order valence-corrected chi connectivity index (χ0v) is 13.0. The van der Waals surface area contributed by atoms with Gasteiger partial charge in [0.1, 0.15) is 0 Å². The molecule has 0 amide bonds. The van der Waals surface area contributed by atoms with E-state index in [0.717, 1.165) is 22.3 Å². The molecule has 3 rings (SSSR count). The summed E-state index contributed by atoms with van der Waals surface area (Å²) in [5, 5.41) is 20.4. The summed E-state index contributed by atoms with van der Waals surface area (Å²) in [6, 6.07) is 11.6. The third kappa shape index (κ3) is 2.27. The highest BCUT2D eigenvalue weighted by Gasteiger charge is 2.42. The van der Waals surface area contributed by atoms with Crippen molar-refractivity contribution in [1.29, 1.82) is 0 Å². The Morgan fingerprint density at radius 1 is 0.762 bits per heavy atom. The van der Waals surface area contributed by atoms with Gasteiger partial charge < -0.3 is 10.2 Å². The van der Waals surface area contributed by atoms with Crippen LogP contribution in [0.2, 0.25) is 10.0 Å². The average Bonchev–Trinajstić information content (AvgIpc) is 2.70. The van der Waals surface area contributed by atoms with Gasteiger partial charge in [-0.15, -0.1) is 0 Å². The first-order valence-electron chi connectivity index (χ1n) is 6.94. The zero-order valence-electron chi connectivity index (χ0n) is 11.4. The Hall–Kier alpha value is -1.06. The van der Waals surface area contributed by atoms with E-state index in [1.165, 1.54) is 0 Å². The second-order valence-electron chi connectivity index (χ2n) is 5.41. The van der Waals surface area contributed by atoms with Crippen LogP contribution in [0.25, 0.3) is 11.1 Å². The minimum Gasteiger partial charge on any atom is -0.396 e. The summed E-state index contributed by atoms with van der Waals surface area (Å²) >= 11 is 12.3. The van der Waals surface area contributed by atoms with E-state index >= 15 is 0 Å². The summed E-state index contributed by atoms with van der Waals surface area (Å²) in [7, 11) is 0. The van der Waals surface area contributed by atoms with Gasteiger partial charge in [-0.25, -0.2) is 0 Å². The van der Waals surface area contributed by atoms with Crippen molar-refractivity contribution in [2.45, 2.75) is 18.3 Å². The second-order valence-corrected chi connectivity index (χ2v) is 6.28. The summed E-state index contributed by atoms with van der Waals surface area (Å²) in [4.78, 5) is 0. The van der Waals surface area contributed by atoms with E-state index in [9.17, 15) is 10.2 Å². The normalized spacial score (nSPS) is 14.9. The summed E-state index contributed by atoms with van der Waals surface area (Å²) in [5.41, 5.74) is 3.91. The molecule has 0 aromatic heterocycles. The van der Waals surface area contributed by atoms with Crippen molar-refractivity contribution in [2.75, 3.05) is 13.2 Å². The average molecular weight is 323 g/mol. The summed E-state index contributed by atoms with van der Waals surface area (Å²) in [5.74, 6) is 0. The van der Waals surface area contributed by atoms with Crippen LogP contribution in [0.5, 0.6) is 0 Å². The number of hydrogen-bond acceptors (Lipinski definition) is 2. The molecular formula is C17H16Cl2O2. The van der Waals surface area contributed by atoms with Gasteiger partial charge in [0.25, 0.3) is 0 Å². The second kappa shape index (κ2) is 5.62. The van der Waals surface area contributed by atoms with Crippen LogP contribution in [0.3, 0.4) is 0 Å². The minimum atomic E-state index is -0.427. The van der Waals surface area contributed by atoms with Gasteiger partial charge in [-0.2, -0.15) is 0 Å². The lowest BCUT2D eigenvalue weighted by molar-refractivity contribution is 0.213. The minimum absolute atomic E-state index is 0.0396. The van der Waals surface area contributed by atoms with Crippen LogP contribution >= 0.6 is 23.2 Å². The van der Waals surface area contributed by atoms with Crippen LogP contribution in [-0.2, 0) is 5.41 Å². The lowest BCUT2D eigenvalue weighted by atomic mass is 9.73. The maximum atomic E-state index is 9.56. The monoisotopic (exact) mass is 322 g/mol. The van der Waals surface area contributed by atoms with Crippen LogP contribution in [0.1, 0.15) is 24.0 Å². The van der Waals surface area contributed by atoms with Gasteiger partial charge in [0, 0.05) is 28.7 Å². The fourth-order valence-electron chi connectivity index (χ4n) is 3.49. The Labute approximate surface area is 134 Å². The molecule has 0 fully saturated rings. The molecule has 0 aliphatic heterocycles. The van der Waals surface area contributed by atoms with Gasteiger partial charge in [-0.05, 0) is 59.4 Å². The van der Waals surface area contributed by atoms with Crippen molar-refractivity contribution in [3.63, 3.8) is 0 Å². The van der Waals surface area contributed by atoms with Gasteiger partial charge in [-0.3, -0.25) is 0 Å². The summed E-state index contributed by atoms with van der Waals surface area (Å²) < 4.78 is 0. The first kappa shape index (κ1) is 14.9. The van der Waals surface area contributed by atoms with E-state index in [2.05, 4.69) is 0 Å². The molecule has 0 unspecified atom stereocenters. The predicted octanol–water partition coefficient (Wildman–Crippen LogP) is 4.02. The number of fused-ring (bicyclic) bond motifs is 3. The highest BCUT2D eigenvalue weighted by Crippen LogP contribution is 2.53. The number of rotatable bonds is 4. The third-order valence-electron chi connectivity index (χ3n) is 4.36. The molecule has 0 radical (unpaired) electrons. The van der Waals surface area contributed by atoms with Gasteiger partial charge in [-0.1, -0.05) is 35.3 Å². The standard InChI is InChI=1S/C17H16Cl2O2/c18-11-1-3-13-14-4-2-12(19)10-16(14)17(5-7-20,6-8-21)15(13)9-11/h1-4,9-10,20-21H,5-8H2. The smallest absolute Gasteiger partial charge is 0.0442 e. The fraction of sp³-hybridized carbons (Fsp3) is 0.294. The molecule has 1 aliphatic rings. The molecule has 2 nitrogen and oxygen atoms in total. The molecule has 0 bridgehead atoms. The number of aliphatic hydroxyl groups is 2. The Bertz CT molecular complexity index is 623. The SMILES string of the molecule is OCCC1(CCO)c2cc(Cl)ccc2-c2ccc(Cl)cc21. The van der Waals surface area contributed by atoms with Crippen LogP contribution in [-0.4, -0.2) is 23.4 Å². The number of benzene rings is 2. The highest BCUT2D eigenvalue weighted by atomic mass is 35.5. The highest BCUT2D eigenvalue weighted by molar-refractivity contribution is 6.31. The number of hydrogen-bond donors (Lipinski definition) is 2. The lowest BCUT2D eigenvalue weighted by Gasteiger charge is -2.31. The lowest BCUT2D eigenvalue weighted by Crippen LogP contribution is -2.28. The van der Waals surface area contributed by atoms with E-state index < -0.39 is 5.41 Å². The van der Waals surface area contributed by atoms with Crippen LogP contribution in [0.15, 0.2) is 36.4 Å². The molecule has 4 heteroatoms. The number of aliphatic hydroxyl groups excluding tert-OH is 2. The summed E-state index contributed by atoms with van der Waals surface area (Å²) in [6.07, 6.45) is 1.07. The van der Waals surface area contributed by atoms with E-state index in [1.807, 2.05) is 36.4 Å². The van der Waals surface area contributed by atoms with Crippen molar-refractivity contribution < 1.29 is 10.2 Å². The van der Waals surface area contributed by atoms with Gasteiger partial charge in [0.05, 0.1) is 0 Å². The molecule has 0 saturated carbocycles. The molecule has 2 aromatic carbocycles. The van der Waals surface area contributed by atoms with E-state index in [4.69, 9.17) is 23.2 Å². The Kier molecular flexibility index (Phi) is 3.98. The van der Waals surface area contributed by atoms with Crippen molar-refractivity contribution >= 4 is 23.2 Å². The summed E-state index contributed by atoms with van der Waals surface area (Å²) in [6.45, 7) is 0.0792. The Morgan fingerprint density at radius 3 is 1.57 bits per heavy atom. The topological polar surface area (TPSA) is 40.5 Å². The quantitative estimate of drug-likeness (QED) is 0.892. The van der Waals surface area contributed by atoms with Gasteiger partial charge >= 0.3 is 0 Å². The van der Waals surface area contributed by atoms with Crippen LogP contribution in [0, 0.1) is 0 Å². The molecule has 110 valence electrons. The predicted molar refractivity (Wildman–Crippen MR) is 86.1 cm³/mol. The third-order valence-corrected chi connectivity index (χ3v) is 4.83. The molecule has 2 N–H and O–H groups in total. The van der Waals surface area contributed by atoms with Crippen molar-refractivity contribution in [1.82, 2.24) is 0 Å². The maximum Gasteiger partial charge on any atom is 0.0442 e. The first-order chi connectivity index (χ1) is 10.1. The van der Waals surface area contributed by atoms with E-state index in [0.29, 0.717) is 22.9 Å². The van der Waals surface area contributed by atoms with Crippen LogP contribution < -0.4 is 0 Å². The largest absolute Gasteiger partial charge is 0.396 e. The molecule has 2 aromatic rings. The van der Waals surface area contributed by atoms with Crippen molar-refractivity contribution in [3.05, 3.63) is 57.6 Å². The molecule has 0 atom stereocenters. The molecule has 0 saturated heterocycles. The molecule has 1 aliphatic carbocycles. The van der Waals surface area contributed by atoms with Crippen molar-refractivity contribution in [3.8, 4) is 11.1 Å². The van der Waals surface area contributed by atoms with Gasteiger partial charge in [0.2, 0.25) is 0 Å². The van der Waals surface area contributed by atoms with Gasteiger partial charge in [0.15, 0.2) is 0 Å². The number of halogens is 2. The van der Waals surface area contributed by atoms with E-state index in [-0.39, 0.29) is 13.2 Å². The molecule has 21 heavy (non-hydrogen) atoms. The molecule has 0 spiro atoms. The first-order valence-corrected chi connectivity index (χ1v) is 7.70. The van der Waals surface area contributed by atoms with Crippen LogP contribution in [0.4, 0.5) is 0 Å². The van der Waals surface area contributed by atoms with E-state index in [1.54, 1.807) is 0 Å². The van der Waals surface area contributed by atoms with Crippen molar-refractivity contribution in [2.24, 2.45) is 0 Å². The Balaban J connectivity index is 2.32. The molecular weight excluding hydrogens is 307 g/mol. The fourth-order valence-corrected chi connectivity index (χ4v) is 3.83. The molecule has 0 heterocycles.